The van der Waals surface area contributed by atoms with Gasteiger partial charge in [-0.2, -0.15) is 10.2 Å². The van der Waals surface area contributed by atoms with Crippen LogP contribution in [-0.4, -0.2) is 11.9 Å². The second-order valence-electron chi connectivity index (χ2n) is 9.29. The van der Waals surface area contributed by atoms with Crippen molar-refractivity contribution < 1.29 is 4.42 Å². The highest BCUT2D eigenvalue weighted by Gasteiger charge is 2.13. The minimum Gasteiger partial charge on any atom is -0.455 e. The first-order chi connectivity index (χ1) is 19.7. The van der Waals surface area contributed by atoms with Gasteiger partial charge in [0.1, 0.15) is 11.3 Å². The SMILES string of the molecule is CC(=NN(c1ccccc1)c1ccccc1)c1cc2cc(C=NN(Cc3cccs3)c3ccccc3)ccc2o1. The number of anilines is 3. The van der Waals surface area contributed by atoms with Gasteiger partial charge in [-0.25, -0.2) is 5.01 Å². The second-order valence-corrected chi connectivity index (χ2v) is 10.3. The van der Waals surface area contributed by atoms with Gasteiger partial charge >= 0.3 is 0 Å². The lowest BCUT2D eigenvalue weighted by molar-refractivity contribution is 0.604. The van der Waals surface area contributed by atoms with E-state index in [1.54, 1.807) is 11.3 Å². The molecule has 0 aliphatic rings. The molecule has 4 aromatic carbocycles. The molecule has 0 amide bonds. The zero-order valence-electron chi connectivity index (χ0n) is 22.1. The summed E-state index contributed by atoms with van der Waals surface area (Å²) >= 11 is 1.73. The zero-order chi connectivity index (χ0) is 27.1. The van der Waals surface area contributed by atoms with Gasteiger partial charge in [0.2, 0.25) is 0 Å². The van der Waals surface area contributed by atoms with Gasteiger partial charge in [-0.3, -0.25) is 5.01 Å². The molecule has 0 aliphatic heterocycles. The van der Waals surface area contributed by atoms with Gasteiger partial charge in [0.05, 0.1) is 29.8 Å². The van der Waals surface area contributed by atoms with Crippen LogP contribution in [0.1, 0.15) is 23.1 Å². The van der Waals surface area contributed by atoms with Crippen molar-refractivity contribution in [1.29, 1.82) is 0 Å². The van der Waals surface area contributed by atoms with E-state index in [9.17, 15) is 0 Å². The van der Waals surface area contributed by atoms with Crippen LogP contribution in [-0.2, 0) is 6.54 Å². The number of para-hydroxylation sites is 3. The van der Waals surface area contributed by atoms with Gasteiger partial charge in [-0.1, -0.05) is 60.7 Å². The van der Waals surface area contributed by atoms with Crippen LogP contribution in [0, 0.1) is 0 Å². The molecule has 0 unspecified atom stereocenters. The molecule has 0 spiro atoms. The molecule has 0 aliphatic carbocycles. The monoisotopic (exact) mass is 540 g/mol. The van der Waals surface area contributed by atoms with Crippen LogP contribution in [0.15, 0.2) is 147 Å². The van der Waals surface area contributed by atoms with Crippen molar-refractivity contribution >= 4 is 51.3 Å². The molecule has 0 atom stereocenters. The third kappa shape index (κ3) is 5.87. The maximum Gasteiger partial charge on any atom is 0.151 e. The number of nitrogens with zero attached hydrogens (tertiary/aromatic N) is 4. The third-order valence-corrected chi connectivity index (χ3v) is 7.30. The van der Waals surface area contributed by atoms with Crippen LogP contribution in [0.5, 0.6) is 0 Å². The minimum absolute atomic E-state index is 0.714. The summed E-state index contributed by atoms with van der Waals surface area (Å²) in [5.41, 5.74) is 5.60. The standard InChI is InChI=1S/C34H28N4OS/c1-26(36-38(30-14-7-3-8-15-30)31-16-9-4-10-17-31)34-23-28-22-27(19-20-33(28)39-34)24-35-37(25-32-18-11-21-40-32)29-12-5-2-6-13-29/h2-24H,25H2,1H3. The van der Waals surface area contributed by atoms with E-state index in [1.807, 2.05) is 120 Å². The highest BCUT2D eigenvalue weighted by atomic mass is 32.1. The first-order valence-corrected chi connectivity index (χ1v) is 14.0. The molecule has 0 N–H and O–H groups in total. The Kier molecular flexibility index (Phi) is 7.51. The Labute approximate surface area is 237 Å². The molecular formula is C34H28N4OS. The van der Waals surface area contributed by atoms with E-state index in [4.69, 9.17) is 14.6 Å². The van der Waals surface area contributed by atoms with E-state index >= 15 is 0 Å². The first-order valence-electron chi connectivity index (χ1n) is 13.1. The molecule has 0 radical (unpaired) electrons. The number of thiophene rings is 1. The van der Waals surface area contributed by atoms with Crippen molar-refractivity contribution in [2.75, 3.05) is 10.0 Å². The highest BCUT2D eigenvalue weighted by molar-refractivity contribution is 7.09. The van der Waals surface area contributed by atoms with E-state index in [2.05, 4.69) is 35.7 Å². The van der Waals surface area contributed by atoms with Crippen molar-refractivity contribution in [2.45, 2.75) is 13.5 Å². The smallest absolute Gasteiger partial charge is 0.151 e. The predicted octanol–water partition coefficient (Wildman–Crippen LogP) is 9.10. The number of fused-ring (bicyclic) bond motifs is 1. The Hall–Kier alpha value is -4.94. The molecule has 6 heteroatoms. The Morgan fingerprint density at radius 3 is 2.02 bits per heavy atom. The Morgan fingerprint density at radius 1 is 0.750 bits per heavy atom. The Morgan fingerprint density at radius 2 is 1.40 bits per heavy atom. The number of furan rings is 1. The molecule has 0 saturated heterocycles. The average Bonchev–Trinajstić information content (AvgIpc) is 3.69. The fourth-order valence-electron chi connectivity index (χ4n) is 4.41. The molecular weight excluding hydrogens is 512 g/mol. The van der Waals surface area contributed by atoms with E-state index in [0.29, 0.717) is 6.54 Å². The molecule has 2 heterocycles. The van der Waals surface area contributed by atoms with Crippen molar-refractivity contribution in [1.82, 2.24) is 0 Å². The molecule has 5 nitrogen and oxygen atoms in total. The molecule has 196 valence electrons. The van der Waals surface area contributed by atoms with Gasteiger partial charge in [0, 0.05) is 10.3 Å². The number of rotatable bonds is 9. The molecule has 0 fully saturated rings. The van der Waals surface area contributed by atoms with Crippen LogP contribution in [0.4, 0.5) is 17.1 Å². The van der Waals surface area contributed by atoms with Crippen molar-refractivity contribution in [3.63, 3.8) is 0 Å². The molecule has 0 bridgehead atoms. The van der Waals surface area contributed by atoms with E-state index in [0.717, 1.165) is 45.1 Å². The van der Waals surface area contributed by atoms with Crippen molar-refractivity contribution in [2.24, 2.45) is 10.2 Å². The summed E-state index contributed by atoms with van der Waals surface area (Å²) in [4.78, 5) is 1.26. The normalized spacial score (nSPS) is 11.8. The van der Waals surface area contributed by atoms with E-state index < -0.39 is 0 Å². The van der Waals surface area contributed by atoms with Crippen LogP contribution < -0.4 is 10.0 Å². The second kappa shape index (κ2) is 11.8. The molecule has 6 rings (SSSR count). The largest absolute Gasteiger partial charge is 0.455 e. The van der Waals surface area contributed by atoms with Crippen LogP contribution >= 0.6 is 11.3 Å². The predicted molar refractivity (Wildman–Crippen MR) is 168 cm³/mol. The summed E-state index contributed by atoms with van der Waals surface area (Å²) in [5.74, 6) is 0.726. The van der Waals surface area contributed by atoms with Crippen LogP contribution in [0.3, 0.4) is 0 Å². The fraction of sp³-hybridized carbons (Fsp3) is 0.0588. The molecule has 2 aromatic heterocycles. The fourth-order valence-corrected chi connectivity index (χ4v) is 5.09. The highest BCUT2D eigenvalue weighted by Crippen LogP contribution is 2.27. The molecule has 0 saturated carbocycles. The summed E-state index contributed by atoms with van der Waals surface area (Å²) in [6.07, 6.45) is 1.90. The van der Waals surface area contributed by atoms with Crippen LogP contribution in [0.25, 0.3) is 11.0 Å². The first kappa shape index (κ1) is 25.3. The van der Waals surface area contributed by atoms with Crippen molar-refractivity contribution in [3.8, 4) is 0 Å². The van der Waals surface area contributed by atoms with Gasteiger partial charge < -0.3 is 4.42 Å². The zero-order valence-corrected chi connectivity index (χ0v) is 22.9. The maximum absolute atomic E-state index is 6.21. The van der Waals surface area contributed by atoms with Gasteiger partial charge in [0.25, 0.3) is 0 Å². The third-order valence-electron chi connectivity index (χ3n) is 6.43. The van der Waals surface area contributed by atoms with Crippen LogP contribution in [0.2, 0.25) is 0 Å². The number of hydrogen-bond donors (Lipinski definition) is 0. The quantitative estimate of drug-likeness (QED) is 0.136. The number of hydrogen-bond acceptors (Lipinski definition) is 6. The summed E-state index contributed by atoms with van der Waals surface area (Å²) in [6, 6.07) is 42.9. The summed E-state index contributed by atoms with van der Waals surface area (Å²) < 4.78 is 6.21. The van der Waals surface area contributed by atoms with E-state index in [-0.39, 0.29) is 0 Å². The lowest BCUT2D eigenvalue weighted by atomic mass is 10.1. The van der Waals surface area contributed by atoms with Crippen molar-refractivity contribution in [3.05, 3.63) is 149 Å². The number of benzene rings is 4. The Balaban J connectivity index is 1.28. The van der Waals surface area contributed by atoms with E-state index in [1.165, 1.54) is 4.88 Å². The Bertz CT molecular complexity index is 1690. The van der Waals surface area contributed by atoms with Gasteiger partial charge in [0.15, 0.2) is 5.76 Å². The van der Waals surface area contributed by atoms with Gasteiger partial charge in [-0.15, -0.1) is 11.3 Å². The summed E-state index contributed by atoms with van der Waals surface area (Å²) in [6.45, 7) is 2.69. The minimum atomic E-state index is 0.714. The summed E-state index contributed by atoms with van der Waals surface area (Å²) in [7, 11) is 0. The topological polar surface area (TPSA) is 44.3 Å². The number of hydrazone groups is 2. The average molecular weight is 541 g/mol. The lowest BCUT2D eigenvalue weighted by Crippen LogP contribution is -2.15. The maximum atomic E-state index is 6.21. The molecule has 40 heavy (non-hydrogen) atoms. The molecule has 6 aromatic rings. The lowest BCUT2D eigenvalue weighted by Gasteiger charge is -2.20. The van der Waals surface area contributed by atoms with Gasteiger partial charge in [-0.05, 0) is 84.6 Å². The summed E-state index contributed by atoms with van der Waals surface area (Å²) in [5, 5.41) is 16.9.